The number of fused-ring (bicyclic) bond motifs is 1. The molecule has 2 heterocycles. The molecule has 1 aromatic carbocycles. The molecule has 0 spiro atoms. The summed E-state index contributed by atoms with van der Waals surface area (Å²) in [5.74, 6) is 0. The van der Waals surface area contributed by atoms with Gasteiger partial charge in [0.25, 0.3) is 0 Å². The number of rotatable bonds is 4. The van der Waals surface area contributed by atoms with Crippen molar-refractivity contribution in [2.45, 2.75) is 33.9 Å². The van der Waals surface area contributed by atoms with E-state index in [0.717, 1.165) is 33.2 Å². The van der Waals surface area contributed by atoms with Crippen LogP contribution in [0.3, 0.4) is 0 Å². The van der Waals surface area contributed by atoms with Gasteiger partial charge in [-0.25, -0.2) is 0 Å². The fourth-order valence-corrected chi connectivity index (χ4v) is 4.09. The molecule has 0 N–H and O–H groups in total. The fraction of sp³-hybridized carbons (Fsp3) is 0.208. The van der Waals surface area contributed by atoms with E-state index in [4.69, 9.17) is 0 Å². The summed E-state index contributed by atoms with van der Waals surface area (Å²) >= 11 is 1.51. The van der Waals surface area contributed by atoms with Gasteiger partial charge in [0.05, 0.1) is 11.1 Å². The van der Waals surface area contributed by atoms with Gasteiger partial charge in [0.15, 0.2) is 0 Å². The average molecular weight is 416 g/mol. The molecule has 0 aliphatic rings. The smallest absolute Gasteiger partial charge is 0.255 e. The quantitative estimate of drug-likeness (QED) is 0.389. The van der Waals surface area contributed by atoms with Crippen molar-refractivity contribution in [3.63, 3.8) is 0 Å². The number of hydrogen-bond donors (Lipinski definition) is 0. The molecule has 1 nitrogen and oxygen atoms in total. The maximum Gasteiger partial charge on any atom is 0.418 e. The summed E-state index contributed by atoms with van der Waals surface area (Å²) in [5, 5.41) is 2.52. The topological polar surface area (TPSA) is 12.9 Å². The molecule has 3 rings (SSSR count). The van der Waals surface area contributed by atoms with Gasteiger partial charge < -0.3 is 0 Å². The van der Waals surface area contributed by atoms with E-state index in [2.05, 4.69) is 11.6 Å². The highest BCUT2D eigenvalue weighted by Crippen LogP contribution is 2.40. The summed E-state index contributed by atoms with van der Waals surface area (Å²) in [6, 6.07) is 6.21. The molecule has 29 heavy (non-hydrogen) atoms. The first-order valence-corrected chi connectivity index (χ1v) is 10.2. The van der Waals surface area contributed by atoms with Crippen LogP contribution in [0.1, 0.15) is 37.5 Å². The second kappa shape index (κ2) is 9.70. The monoisotopic (exact) mass is 415 g/mol. The van der Waals surface area contributed by atoms with Crippen molar-refractivity contribution in [1.29, 1.82) is 0 Å². The molecule has 5 heteroatoms. The summed E-state index contributed by atoms with van der Waals surface area (Å²) in [6.45, 7) is 11.5. The number of thiophene rings is 1. The molecule has 152 valence electrons. The van der Waals surface area contributed by atoms with Crippen molar-refractivity contribution in [1.82, 2.24) is 4.98 Å². The van der Waals surface area contributed by atoms with Gasteiger partial charge in [0.2, 0.25) is 0 Å². The highest BCUT2D eigenvalue weighted by molar-refractivity contribution is 7.14. The number of allylic oxidation sites excluding steroid dienone is 5. The Balaban J connectivity index is 0.00000145. The van der Waals surface area contributed by atoms with Gasteiger partial charge >= 0.3 is 6.18 Å². The van der Waals surface area contributed by atoms with Gasteiger partial charge in [-0.2, -0.15) is 13.2 Å². The lowest BCUT2D eigenvalue weighted by atomic mass is 9.99. The molecule has 3 aromatic rings. The van der Waals surface area contributed by atoms with E-state index in [1.54, 1.807) is 12.1 Å². The maximum atomic E-state index is 13.4. The summed E-state index contributed by atoms with van der Waals surface area (Å²) < 4.78 is 40.1. The van der Waals surface area contributed by atoms with Crippen LogP contribution in [0.5, 0.6) is 0 Å². The Hall–Kier alpha value is -2.66. The van der Waals surface area contributed by atoms with Crippen molar-refractivity contribution >= 4 is 27.8 Å². The third-order valence-corrected chi connectivity index (χ3v) is 5.16. The Bertz CT molecular complexity index is 1060. The lowest BCUT2D eigenvalue weighted by Crippen LogP contribution is -2.07. The van der Waals surface area contributed by atoms with Crippen molar-refractivity contribution in [2.24, 2.45) is 0 Å². The lowest BCUT2D eigenvalue weighted by Gasteiger charge is -2.13. The fourth-order valence-electron chi connectivity index (χ4n) is 3.05. The standard InChI is InChI=1S/C22H18F3NS.C2H6/c1-4-7-15(8-5-2)16-11-19(27-13-16)20-14(3)12-26-21-17(20)9-6-10-18(21)22(23,24)25;1-2/h4-13H,1H2,2-3H3;1-2H3/b8-5-,15-7+;. The Morgan fingerprint density at radius 1 is 1.21 bits per heavy atom. The van der Waals surface area contributed by atoms with Crippen LogP contribution in [0, 0.1) is 6.92 Å². The van der Waals surface area contributed by atoms with Gasteiger partial charge in [0, 0.05) is 22.0 Å². The number of nitrogens with zero attached hydrogens (tertiary/aromatic N) is 1. The van der Waals surface area contributed by atoms with E-state index in [1.807, 2.05) is 57.4 Å². The molecule has 2 aromatic heterocycles. The third-order valence-electron chi connectivity index (χ3n) is 4.22. The van der Waals surface area contributed by atoms with Crippen LogP contribution in [0.2, 0.25) is 0 Å². The molecule has 0 amide bonds. The average Bonchev–Trinajstić information content (AvgIpc) is 3.17. The highest BCUT2D eigenvalue weighted by atomic mass is 32.1. The van der Waals surface area contributed by atoms with Crippen LogP contribution in [-0.4, -0.2) is 4.98 Å². The van der Waals surface area contributed by atoms with Crippen LogP contribution < -0.4 is 0 Å². The number of alkyl halides is 3. The molecule has 0 saturated carbocycles. The minimum atomic E-state index is -4.44. The van der Waals surface area contributed by atoms with Crippen LogP contribution in [0.4, 0.5) is 13.2 Å². The summed E-state index contributed by atoms with van der Waals surface area (Å²) in [6.07, 6.45) is 4.62. The van der Waals surface area contributed by atoms with Gasteiger partial charge in [-0.1, -0.05) is 56.9 Å². The van der Waals surface area contributed by atoms with Gasteiger partial charge in [-0.15, -0.1) is 11.3 Å². The zero-order valence-electron chi connectivity index (χ0n) is 17.0. The normalized spacial score (nSPS) is 12.2. The molecule has 0 unspecified atom stereocenters. The van der Waals surface area contributed by atoms with Crippen molar-refractivity contribution < 1.29 is 13.2 Å². The number of aryl methyl sites for hydroxylation is 1. The van der Waals surface area contributed by atoms with E-state index in [-0.39, 0.29) is 5.52 Å². The highest BCUT2D eigenvalue weighted by Gasteiger charge is 2.33. The Labute approximate surface area is 173 Å². The molecular formula is C24H24F3NS. The SMILES string of the molecule is C=C/C=C(\C=C/C)c1csc(-c2c(C)cnc3c(C(F)(F)F)cccc23)c1.CC. The molecule has 0 fully saturated rings. The van der Waals surface area contributed by atoms with E-state index in [9.17, 15) is 13.2 Å². The number of halogens is 3. The zero-order valence-corrected chi connectivity index (χ0v) is 17.8. The van der Waals surface area contributed by atoms with Crippen LogP contribution in [0.25, 0.3) is 26.9 Å². The second-order valence-corrected chi connectivity index (χ2v) is 6.98. The van der Waals surface area contributed by atoms with E-state index < -0.39 is 11.7 Å². The first-order valence-electron chi connectivity index (χ1n) is 9.37. The summed E-state index contributed by atoms with van der Waals surface area (Å²) in [7, 11) is 0. The number of para-hydroxylation sites is 1. The largest absolute Gasteiger partial charge is 0.418 e. The molecule has 0 aliphatic heterocycles. The zero-order chi connectivity index (χ0) is 21.6. The molecule has 0 aliphatic carbocycles. The Morgan fingerprint density at radius 3 is 2.55 bits per heavy atom. The van der Waals surface area contributed by atoms with Gasteiger partial charge in [0.1, 0.15) is 0 Å². The second-order valence-electron chi connectivity index (χ2n) is 6.07. The first kappa shape index (κ1) is 22.6. The van der Waals surface area contributed by atoms with Gasteiger partial charge in [-0.05, 0) is 48.1 Å². The molecule has 0 bridgehead atoms. The third kappa shape index (κ3) is 4.85. The van der Waals surface area contributed by atoms with E-state index in [1.165, 1.54) is 23.6 Å². The number of benzene rings is 1. The maximum absolute atomic E-state index is 13.4. The molecule has 0 radical (unpaired) electrons. The number of pyridine rings is 1. The van der Waals surface area contributed by atoms with E-state index in [0.29, 0.717) is 5.39 Å². The Kier molecular flexibility index (Phi) is 7.57. The molecule has 0 atom stereocenters. The van der Waals surface area contributed by atoms with Gasteiger partial charge in [-0.3, -0.25) is 4.98 Å². The predicted octanol–water partition coefficient (Wildman–Crippen LogP) is 8.46. The summed E-state index contributed by atoms with van der Waals surface area (Å²) in [5.41, 5.74) is 2.91. The van der Waals surface area contributed by atoms with Crippen molar-refractivity contribution in [3.8, 4) is 10.4 Å². The number of hydrogen-bond acceptors (Lipinski definition) is 2. The predicted molar refractivity (Wildman–Crippen MR) is 119 cm³/mol. The van der Waals surface area contributed by atoms with Crippen LogP contribution in [-0.2, 0) is 6.18 Å². The summed E-state index contributed by atoms with van der Waals surface area (Å²) in [4.78, 5) is 4.99. The van der Waals surface area contributed by atoms with Crippen molar-refractivity contribution in [3.05, 3.63) is 83.4 Å². The van der Waals surface area contributed by atoms with E-state index >= 15 is 0 Å². The van der Waals surface area contributed by atoms with Crippen molar-refractivity contribution in [2.75, 3.05) is 0 Å². The first-order chi connectivity index (χ1) is 13.9. The minimum Gasteiger partial charge on any atom is -0.255 e. The minimum absolute atomic E-state index is 0.0177. The van der Waals surface area contributed by atoms with Crippen LogP contribution in [0.15, 0.2) is 66.7 Å². The number of aromatic nitrogens is 1. The Morgan fingerprint density at radius 2 is 1.93 bits per heavy atom. The molecular weight excluding hydrogens is 391 g/mol. The molecule has 0 saturated heterocycles. The van der Waals surface area contributed by atoms with Crippen LogP contribution >= 0.6 is 11.3 Å². The lowest BCUT2D eigenvalue weighted by molar-refractivity contribution is -0.136.